The lowest BCUT2D eigenvalue weighted by molar-refractivity contribution is 0.0696. The molecule has 0 saturated carbocycles. The van der Waals surface area contributed by atoms with E-state index in [1.165, 1.54) is 6.07 Å². The van der Waals surface area contributed by atoms with Crippen LogP contribution in [0.2, 0.25) is 0 Å². The van der Waals surface area contributed by atoms with Gasteiger partial charge in [0.05, 0.1) is 10.5 Å². The fraction of sp³-hybridized carbons (Fsp3) is 0.462. The van der Waals surface area contributed by atoms with Gasteiger partial charge in [-0.1, -0.05) is 0 Å². The molecule has 0 aliphatic heterocycles. The summed E-state index contributed by atoms with van der Waals surface area (Å²) in [5.41, 5.74) is 0.465. The van der Waals surface area contributed by atoms with E-state index in [2.05, 4.69) is 20.7 Å². The number of unbranched alkanes of at least 4 members (excludes halogenated alkanes) is 2. The first kappa shape index (κ1) is 18.1. The third kappa shape index (κ3) is 5.06. The van der Waals surface area contributed by atoms with Crippen molar-refractivity contribution >= 4 is 31.9 Å². The lowest BCUT2D eigenvalue weighted by Gasteiger charge is -2.11. The summed E-state index contributed by atoms with van der Waals surface area (Å²) in [6.45, 7) is 1.96. The van der Waals surface area contributed by atoms with Gasteiger partial charge in [0.25, 0.3) is 0 Å². The van der Waals surface area contributed by atoms with Crippen LogP contribution in [0.5, 0.6) is 0 Å². The van der Waals surface area contributed by atoms with Crippen molar-refractivity contribution in [2.45, 2.75) is 31.1 Å². The van der Waals surface area contributed by atoms with Gasteiger partial charge in [-0.15, -0.1) is 0 Å². The molecule has 0 unspecified atom stereocenters. The van der Waals surface area contributed by atoms with E-state index in [-0.39, 0.29) is 23.6 Å². The zero-order valence-corrected chi connectivity index (χ0v) is 14.0. The van der Waals surface area contributed by atoms with E-state index in [9.17, 15) is 13.2 Å². The Hall–Kier alpha value is -0.960. The van der Waals surface area contributed by atoms with Crippen molar-refractivity contribution in [2.24, 2.45) is 0 Å². The summed E-state index contributed by atoms with van der Waals surface area (Å²) in [5, 5.41) is 17.7. The van der Waals surface area contributed by atoms with E-state index >= 15 is 0 Å². The number of sulfonamides is 1. The number of aromatic carboxylic acids is 1. The van der Waals surface area contributed by atoms with Crippen LogP contribution in [-0.4, -0.2) is 37.8 Å². The van der Waals surface area contributed by atoms with Crippen LogP contribution < -0.4 is 4.72 Å². The highest BCUT2D eigenvalue weighted by Crippen LogP contribution is 2.27. The molecule has 0 aromatic heterocycles. The molecule has 1 rings (SSSR count). The molecule has 0 radical (unpaired) electrons. The number of benzene rings is 1. The SMILES string of the molecule is Cc1cc(C(=O)O)cc(S(=O)(=O)NCCCCCO)c1Br. The quantitative estimate of drug-likeness (QED) is 0.598. The van der Waals surface area contributed by atoms with Crippen molar-refractivity contribution in [2.75, 3.05) is 13.2 Å². The second kappa shape index (κ2) is 7.88. The van der Waals surface area contributed by atoms with Gasteiger partial charge >= 0.3 is 5.97 Å². The van der Waals surface area contributed by atoms with Crippen LogP contribution in [-0.2, 0) is 10.0 Å². The summed E-state index contributed by atoms with van der Waals surface area (Å²) in [5.74, 6) is -1.18. The van der Waals surface area contributed by atoms with E-state index in [1.807, 2.05) is 0 Å². The minimum Gasteiger partial charge on any atom is -0.478 e. The van der Waals surface area contributed by atoms with E-state index in [0.717, 1.165) is 6.07 Å². The fourth-order valence-electron chi connectivity index (χ4n) is 1.75. The number of nitrogens with one attached hydrogen (secondary N) is 1. The number of carboxylic acid groups (broad SMARTS) is 1. The lowest BCUT2D eigenvalue weighted by Crippen LogP contribution is -2.25. The van der Waals surface area contributed by atoms with Crippen LogP contribution in [0.15, 0.2) is 21.5 Å². The second-order valence-electron chi connectivity index (χ2n) is 4.59. The molecule has 0 amide bonds. The third-order valence-electron chi connectivity index (χ3n) is 2.88. The largest absolute Gasteiger partial charge is 0.478 e. The smallest absolute Gasteiger partial charge is 0.335 e. The number of hydrogen-bond acceptors (Lipinski definition) is 4. The predicted molar refractivity (Wildman–Crippen MR) is 82.0 cm³/mol. The predicted octanol–water partition coefficient (Wildman–Crippen LogP) is 1.90. The maximum atomic E-state index is 12.2. The zero-order chi connectivity index (χ0) is 16.0. The van der Waals surface area contributed by atoms with Crippen LogP contribution in [0.25, 0.3) is 0 Å². The molecule has 0 aliphatic rings. The second-order valence-corrected chi connectivity index (χ2v) is 7.12. The lowest BCUT2D eigenvalue weighted by atomic mass is 10.1. The molecule has 0 atom stereocenters. The molecular weight excluding hydrogens is 362 g/mol. The number of aliphatic hydroxyl groups excluding tert-OH is 1. The minimum absolute atomic E-state index is 0.0728. The number of aliphatic hydroxyl groups is 1. The molecule has 6 nitrogen and oxygen atoms in total. The average molecular weight is 380 g/mol. The molecule has 0 bridgehead atoms. The first-order chi connectivity index (χ1) is 9.79. The van der Waals surface area contributed by atoms with E-state index < -0.39 is 16.0 Å². The molecule has 1 aromatic carbocycles. The monoisotopic (exact) mass is 379 g/mol. The average Bonchev–Trinajstić information content (AvgIpc) is 2.40. The maximum absolute atomic E-state index is 12.2. The Bertz CT molecular complexity index is 615. The molecule has 1 aromatic rings. The Kier molecular flexibility index (Phi) is 6.79. The van der Waals surface area contributed by atoms with Gasteiger partial charge in [0, 0.05) is 17.6 Å². The van der Waals surface area contributed by atoms with Gasteiger partial charge < -0.3 is 10.2 Å². The van der Waals surface area contributed by atoms with E-state index in [0.29, 0.717) is 29.3 Å². The topological polar surface area (TPSA) is 104 Å². The van der Waals surface area contributed by atoms with E-state index in [4.69, 9.17) is 10.2 Å². The van der Waals surface area contributed by atoms with Crippen molar-refractivity contribution < 1.29 is 23.4 Å². The highest BCUT2D eigenvalue weighted by molar-refractivity contribution is 9.10. The molecule has 118 valence electrons. The number of carbonyl (C=O) groups is 1. The molecule has 8 heteroatoms. The van der Waals surface area contributed by atoms with Gasteiger partial charge in [0.15, 0.2) is 0 Å². The summed E-state index contributed by atoms with van der Waals surface area (Å²) in [6, 6.07) is 2.54. The molecule has 3 N–H and O–H groups in total. The number of carboxylic acids is 1. The number of hydrogen-bond donors (Lipinski definition) is 3. The number of halogens is 1. The van der Waals surface area contributed by atoms with Crippen LogP contribution in [0.4, 0.5) is 0 Å². The van der Waals surface area contributed by atoms with Crippen molar-refractivity contribution in [3.63, 3.8) is 0 Å². The first-order valence-electron chi connectivity index (χ1n) is 6.43. The molecule has 0 spiro atoms. The molecular formula is C13H18BrNO5S. The van der Waals surface area contributed by atoms with Gasteiger partial charge in [-0.05, 0) is 59.8 Å². The summed E-state index contributed by atoms with van der Waals surface area (Å²) >= 11 is 3.19. The zero-order valence-electron chi connectivity index (χ0n) is 11.6. The maximum Gasteiger partial charge on any atom is 0.335 e. The highest BCUT2D eigenvalue weighted by Gasteiger charge is 2.21. The van der Waals surface area contributed by atoms with Crippen LogP contribution in [0.1, 0.15) is 35.2 Å². The van der Waals surface area contributed by atoms with Crippen LogP contribution in [0, 0.1) is 6.92 Å². The highest BCUT2D eigenvalue weighted by atomic mass is 79.9. The van der Waals surface area contributed by atoms with Crippen LogP contribution in [0.3, 0.4) is 0 Å². The van der Waals surface area contributed by atoms with Gasteiger partial charge in [0.2, 0.25) is 10.0 Å². The van der Waals surface area contributed by atoms with Crippen LogP contribution >= 0.6 is 15.9 Å². The summed E-state index contributed by atoms with van der Waals surface area (Å²) in [7, 11) is -3.78. The molecule has 0 aliphatic carbocycles. The van der Waals surface area contributed by atoms with Crippen molar-refractivity contribution in [1.29, 1.82) is 0 Å². The Morgan fingerprint density at radius 2 is 1.95 bits per heavy atom. The third-order valence-corrected chi connectivity index (χ3v) is 5.68. The van der Waals surface area contributed by atoms with Gasteiger partial charge in [-0.3, -0.25) is 0 Å². The number of rotatable bonds is 8. The van der Waals surface area contributed by atoms with Gasteiger partial charge in [0.1, 0.15) is 0 Å². The molecule has 0 fully saturated rings. The normalized spacial score (nSPS) is 11.6. The standard InChI is InChI=1S/C13H18BrNO5S/c1-9-7-10(13(17)18)8-11(12(9)14)21(19,20)15-5-3-2-4-6-16/h7-8,15-16H,2-6H2,1H3,(H,17,18). The Morgan fingerprint density at radius 3 is 2.52 bits per heavy atom. The van der Waals surface area contributed by atoms with Gasteiger partial charge in [-0.25, -0.2) is 17.9 Å². The van der Waals surface area contributed by atoms with E-state index in [1.54, 1.807) is 6.92 Å². The van der Waals surface area contributed by atoms with Crippen molar-refractivity contribution in [1.82, 2.24) is 4.72 Å². The Balaban J connectivity index is 2.94. The molecule has 0 saturated heterocycles. The van der Waals surface area contributed by atoms with Crippen molar-refractivity contribution in [3.05, 3.63) is 27.7 Å². The Morgan fingerprint density at radius 1 is 1.29 bits per heavy atom. The summed E-state index contributed by atoms with van der Waals surface area (Å²) in [4.78, 5) is 10.9. The van der Waals surface area contributed by atoms with Crippen molar-refractivity contribution in [3.8, 4) is 0 Å². The molecule has 0 heterocycles. The fourth-order valence-corrected chi connectivity index (χ4v) is 3.87. The molecule has 21 heavy (non-hydrogen) atoms. The first-order valence-corrected chi connectivity index (χ1v) is 8.71. The Labute approximate surface area is 132 Å². The summed E-state index contributed by atoms with van der Waals surface area (Å²) in [6.07, 6.45) is 1.95. The van der Waals surface area contributed by atoms with Gasteiger partial charge in [-0.2, -0.15) is 0 Å². The number of aryl methyl sites for hydroxylation is 1. The minimum atomic E-state index is -3.78. The summed E-state index contributed by atoms with van der Waals surface area (Å²) < 4.78 is 27.3.